The van der Waals surface area contributed by atoms with E-state index in [1.807, 2.05) is 36.9 Å². The number of urea groups is 1. The second kappa shape index (κ2) is 10.8. The molecule has 3 amide bonds. The molecule has 6 heteroatoms. The van der Waals surface area contributed by atoms with Crippen LogP contribution in [-0.2, 0) is 11.2 Å². The van der Waals surface area contributed by atoms with E-state index in [2.05, 4.69) is 15.6 Å². The van der Waals surface area contributed by atoms with Gasteiger partial charge in [-0.2, -0.15) is 0 Å². The third kappa shape index (κ3) is 7.02. The number of rotatable bonds is 8. The number of carbonyl (C=O) groups excluding carboxylic acids is 2. The maximum absolute atomic E-state index is 12.4. The summed E-state index contributed by atoms with van der Waals surface area (Å²) < 4.78 is 0. The second-order valence-electron chi connectivity index (χ2n) is 7.05. The minimum absolute atomic E-state index is 0.0811. The Morgan fingerprint density at radius 3 is 2.65 bits per heavy atom. The summed E-state index contributed by atoms with van der Waals surface area (Å²) in [5.74, 6) is 0.883. The van der Waals surface area contributed by atoms with Crippen LogP contribution in [0.3, 0.4) is 0 Å². The Kier molecular flexibility index (Phi) is 8.38. The topological polar surface area (TPSA) is 74.3 Å². The first-order valence-electron chi connectivity index (χ1n) is 9.80. The molecule has 0 radical (unpaired) electrons. The molecule has 1 aromatic heterocycles. The number of nitrogens with one attached hydrogen (secondary N) is 2. The quantitative estimate of drug-likeness (QED) is 0.700. The number of pyridine rings is 1. The van der Waals surface area contributed by atoms with E-state index < -0.39 is 0 Å². The highest BCUT2D eigenvalue weighted by Crippen LogP contribution is 2.23. The lowest BCUT2D eigenvalue weighted by atomic mass is 9.91. The molecule has 2 heterocycles. The van der Waals surface area contributed by atoms with Crippen molar-refractivity contribution >= 4 is 11.9 Å². The molecule has 2 rings (SSSR count). The molecule has 1 saturated heterocycles. The molecule has 0 bridgehead atoms. The lowest BCUT2D eigenvalue weighted by Gasteiger charge is -2.32. The normalized spacial score (nSPS) is 14.9. The van der Waals surface area contributed by atoms with Crippen LogP contribution < -0.4 is 10.6 Å². The summed E-state index contributed by atoms with van der Waals surface area (Å²) in [4.78, 5) is 30.1. The molecular weight excluding hydrogens is 328 g/mol. The highest BCUT2D eigenvalue weighted by molar-refractivity contribution is 5.78. The lowest BCUT2D eigenvalue weighted by molar-refractivity contribution is -0.131. The fraction of sp³-hybridized carbons (Fsp3) is 0.650. The van der Waals surface area contributed by atoms with Gasteiger partial charge in [-0.25, -0.2) is 4.79 Å². The number of aryl methyl sites for hydroxylation is 1. The summed E-state index contributed by atoms with van der Waals surface area (Å²) in [7, 11) is 0. The molecule has 1 aliphatic heterocycles. The molecule has 0 aromatic carbocycles. The SMILES string of the molecule is CCNC(=O)NCCCCC1CCN(C(=O)Cc2cccc(C)n2)CC1. The first-order chi connectivity index (χ1) is 12.6. The maximum atomic E-state index is 12.4. The fourth-order valence-corrected chi connectivity index (χ4v) is 3.42. The largest absolute Gasteiger partial charge is 0.342 e. The smallest absolute Gasteiger partial charge is 0.314 e. The van der Waals surface area contributed by atoms with Crippen molar-refractivity contribution in [2.45, 2.75) is 52.4 Å². The summed E-state index contributed by atoms with van der Waals surface area (Å²) in [5.41, 5.74) is 1.81. The number of hydrogen-bond donors (Lipinski definition) is 2. The Hall–Kier alpha value is -2.11. The molecule has 2 N–H and O–H groups in total. The molecular formula is C20H32N4O2. The molecule has 0 unspecified atom stereocenters. The van der Waals surface area contributed by atoms with E-state index in [9.17, 15) is 9.59 Å². The van der Waals surface area contributed by atoms with Crippen LogP contribution in [0, 0.1) is 12.8 Å². The summed E-state index contributed by atoms with van der Waals surface area (Å²) in [6.07, 6.45) is 5.87. The van der Waals surface area contributed by atoms with E-state index in [0.717, 1.165) is 56.7 Å². The van der Waals surface area contributed by atoms with Crippen LogP contribution in [0.25, 0.3) is 0 Å². The summed E-state index contributed by atoms with van der Waals surface area (Å²) in [6, 6.07) is 5.75. The van der Waals surface area contributed by atoms with Crippen LogP contribution in [0.5, 0.6) is 0 Å². The Balaban J connectivity index is 1.59. The van der Waals surface area contributed by atoms with Gasteiger partial charge in [0.15, 0.2) is 0 Å². The fourth-order valence-electron chi connectivity index (χ4n) is 3.42. The number of nitrogens with zero attached hydrogens (tertiary/aromatic N) is 2. The average Bonchev–Trinajstić information content (AvgIpc) is 2.62. The van der Waals surface area contributed by atoms with Crippen molar-refractivity contribution in [2.75, 3.05) is 26.2 Å². The standard InChI is InChI=1S/C20H32N4O2/c1-3-21-20(26)22-12-5-4-8-17-10-13-24(14-11-17)19(25)15-18-9-6-7-16(2)23-18/h6-7,9,17H,3-5,8,10-15H2,1-2H3,(H2,21,22,26). The van der Waals surface area contributed by atoms with Gasteiger partial charge in [-0.1, -0.05) is 18.9 Å². The van der Waals surface area contributed by atoms with Gasteiger partial charge in [0.25, 0.3) is 0 Å². The van der Waals surface area contributed by atoms with Crippen molar-refractivity contribution in [3.8, 4) is 0 Å². The number of hydrogen-bond acceptors (Lipinski definition) is 3. The molecule has 1 fully saturated rings. The minimum atomic E-state index is -0.0811. The maximum Gasteiger partial charge on any atom is 0.314 e. The first-order valence-corrected chi connectivity index (χ1v) is 9.80. The molecule has 26 heavy (non-hydrogen) atoms. The number of amides is 3. The van der Waals surface area contributed by atoms with Gasteiger partial charge in [0.1, 0.15) is 0 Å². The van der Waals surface area contributed by atoms with Crippen molar-refractivity contribution < 1.29 is 9.59 Å². The van der Waals surface area contributed by atoms with Crippen molar-refractivity contribution in [1.82, 2.24) is 20.5 Å². The van der Waals surface area contributed by atoms with E-state index >= 15 is 0 Å². The minimum Gasteiger partial charge on any atom is -0.342 e. The zero-order chi connectivity index (χ0) is 18.8. The predicted octanol–water partition coefficient (Wildman–Crippen LogP) is 2.66. The first kappa shape index (κ1) is 20.2. The van der Waals surface area contributed by atoms with Gasteiger partial charge in [-0.3, -0.25) is 9.78 Å². The van der Waals surface area contributed by atoms with Gasteiger partial charge in [0, 0.05) is 37.6 Å². The Bertz CT molecular complexity index is 583. The Labute approximate surface area is 156 Å². The van der Waals surface area contributed by atoms with Crippen molar-refractivity contribution in [3.05, 3.63) is 29.6 Å². The molecule has 1 aromatic rings. The van der Waals surface area contributed by atoms with Gasteiger partial charge in [0.2, 0.25) is 5.91 Å². The molecule has 0 aliphatic carbocycles. The van der Waals surface area contributed by atoms with Gasteiger partial charge >= 0.3 is 6.03 Å². The zero-order valence-electron chi connectivity index (χ0n) is 16.1. The monoisotopic (exact) mass is 360 g/mol. The highest BCUT2D eigenvalue weighted by Gasteiger charge is 2.22. The van der Waals surface area contributed by atoms with Gasteiger partial charge in [-0.15, -0.1) is 0 Å². The van der Waals surface area contributed by atoms with Crippen molar-refractivity contribution in [1.29, 1.82) is 0 Å². The second-order valence-corrected chi connectivity index (χ2v) is 7.05. The Morgan fingerprint density at radius 2 is 1.96 bits per heavy atom. The molecule has 0 spiro atoms. The number of unbranched alkanes of at least 4 members (excludes halogenated alkanes) is 1. The predicted molar refractivity (Wildman–Crippen MR) is 103 cm³/mol. The number of likely N-dealkylation sites (tertiary alicyclic amines) is 1. The van der Waals surface area contributed by atoms with E-state index in [1.165, 1.54) is 6.42 Å². The molecule has 144 valence electrons. The zero-order valence-corrected chi connectivity index (χ0v) is 16.1. The van der Waals surface area contributed by atoms with E-state index in [-0.39, 0.29) is 11.9 Å². The van der Waals surface area contributed by atoms with Crippen LogP contribution >= 0.6 is 0 Å². The van der Waals surface area contributed by atoms with E-state index in [4.69, 9.17) is 0 Å². The number of carbonyl (C=O) groups is 2. The van der Waals surface area contributed by atoms with Crippen LogP contribution in [0.15, 0.2) is 18.2 Å². The summed E-state index contributed by atoms with van der Waals surface area (Å²) >= 11 is 0. The van der Waals surface area contributed by atoms with Crippen LogP contribution in [-0.4, -0.2) is 48.0 Å². The van der Waals surface area contributed by atoms with Crippen LogP contribution in [0.4, 0.5) is 4.79 Å². The third-order valence-electron chi connectivity index (χ3n) is 4.91. The van der Waals surface area contributed by atoms with Gasteiger partial charge < -0.3 is 15.5 Å². The Morgan fingerprint density at radius 1 is 1.19 bits per heavy atom. The van der Waals surface area contributed by atoms with Crippen molar-refractivity contribution in [3.63, 3.8) is 0 Å². The van der Waals surface area contributed by atoms with E-state index in [1.54, 1.807) is 0 Å². The van der Waals surface area contributed by atoms with Crippen molar-refractivity contribution in [2.24, 2.45) is 5.92 Å². The van der Waals surface area contributed by atoms with Gasteiger partial charge in [0.05, 0.1) is 6.42 Å². The van der Waals surface area contributed by atoms with Gasteiger partial charge in [-0.05, 0) is 51.2 Å². The number of piperidine rings is 1. The van der Waals surface area contributed by atoms with Crippen LogP contribution in [0.1, 0.15) is 50.4 Å². The summed E-state index contributed by atoms with van der Waals surface area (Å²) in [5, 5.41) is 5.59. The van der Waals surface area contributed by atoms with Crippen LogP contribution in [0.2, 0.25) is 0 Å². The molecule has 0 saturated carbocycles. The molecule has 0 atom stereocenters. The number of aromatic nitrogens is 1. The van der Waals surface area contributed by atoms with E-state index in [0.29, 0.717) is 18.9 Å². The molecule has 1 aliphatic rings. The highest BCUT2D eigenvalue weighted by atomic mass is 16.2. The molecule has 6 nitrogen and oxygen atoms in total. The third-order valence-corrected chi connectivity index (χ3v) is 4.91. The summed E-state index contributed by atoms with van der Waals surface area (Å²) in [6.45, 7) is 6.95. The lowest BCUT2D eigenvalue weighted by Crippen LogP contribution is -2.39. The average molecular weight is 361 g/mol.